The van der Waals surface area contributed by atoms with Gasteiger partial charge in [0.2, 0.25) is 5.91 Å². The van der Waals surface area contributed by atoms with Crippen LogP contribution in [0.5, 0.6) is 5.75 Å². The van der Waals surface area contributed by atoms with Crippen LogP contribution >= 0.6 is 11.6 Å². The third kappa shape index (κ3) is 6.42. The van der Waals surface area contributed by atoms with Gasteiger partial charge in [0.15, 0.2) is 0 Å². The lowest BCUT2D eigenvalue weighted by molar-refractivity contribution is -0.111. The molecule has 3 rings (SSSR count). The number of nitrogens with one attached hydrogen (secondary N) is 1. The van der Waals surface area contributed by atoms with Crippen molar-refractivity contribution < 1.29 is 14.3 Å². The number of carbonyl (C=O) groups is 2. The summed E-state index contributed by atoms with van der Waals surface area (Å²) in [6.07, 6.45) is 4.81. The minimum atomic E-state index is -0.355. The molecule has 1 aromatic heterocycles. The number of ether oxygens (including phenoxy) is 1. The summed E-state index contributed by atoms with van der Waals surface area (Å²) in [5.74, 6) is 0.182. The highest BCUT2D eigenvalue weighted by molar-refractivity contribution is 6.34. The zero-order valence-electron chi connectivity index (χ0n) is 17.2. The molecule has 3 aromatic rings. The maximum atomic E-state index is 12.3. The monoisotopic (exact) mass is 435 g/mol. The fraction of sp³-hybridized carbons (Fsp3) is 0.125. The van der Waals surface area contributed by atoms with Gasteiger partial charge in [0.1, 0.15) is 12.4 Å². The summed E-state index contributed by atoms with van der Waals surface area (Å²) in [4.78, 5) is 30.1. The second-order valence-corrected chi connectivity index (χ2v) is 7.30. The Morgan fingerprint density at radius 2 is 1.87 bits per heavy atom. The lowest BCUT2D eigenvalue weighted by Crippen LogP contribution is -2.21. The molecule has 0 aliphatic carbocycles. The molecule has 2 aromatic carbocycles. The van der Waals surface area contributed by atoms with Crippen molar-refractivity contribution in [3.8, 4) is 5.75 Å². The van der Waals surface area contributed by atoms with Crippen LogP contribution in [-0.4, -0.2) is 35.8 Å². The van der Waals surface area contributed by atoms with Crippen molar-refractivity contribution >= 4 is 35.2 Å². The molecule has 2 amide bonds. The van der Waals surface area contributed by atoms with Crippen LogP contribution in [0.25, 0.3) is 6.08 Å². The summed E-state index contributed by atoms with van der Waals surface area (Å²) in [7, 11) is 3.32. The Bertz CT molecular complexity index is 1080. The van der Waals surface area contributed by atoms with E-state index in [1.807, 2.05) is 42.5 Å². The molecule has 0 fully saturated rings. The minimum absolute atomic E-state index is 0.173. The van der Waals surface area contributed by atoms with Crippen molar-refractivity contribution in [2.24, 2.45) is 0 Å². The number of hydrogen-bond donors (Lipinski definition) is 1. The first-order valence-corrected chi connectivity index (χ1v) is 9.93. The van der Waals surface area contributed by atoms with Crippen molar-refractivity contribution in [3.63, 3.8) is 0 Å². The van der Waals surface area contributed by atoms with Crippen molar-refractivity contribution in [2.45, 2.75) is 6.61 Å². The Hall–Kier alpha value is -3.64. The molecule has 0 spiro atoms. The first-order chi connectivity index (χ1) is 14.9. The van der Waals surface area contributed by atoms with E-state index in [1.165, 1.54) is 11.0 Å². The van der Waals surface area contributed by atoms with Gasteiger partial charge in [0.25, 0.3) is 5.91 Å². The Kier molecular flexibility index (Phi) is 7.40. The molecule has 7 heteroatoms. The number of halogens is 1. The Labute approximate surface area is 186 Å². The SMILES string of the molecule is CN(C)C(=O)c1ccc(Cl)c(NC(=O)/C=C/c2ccc(OCc3ccccn3)cc2)c1. The van der Waals surface area contributed by atoms with E-state index >= 15 is 0 Å². The summed E-state index contributed by atoms with van der Waals surface area (Å²) < 4.78 is 5.70. The molecule has 6 nitrogen and oxygen atoms in total. The third-order valence-electron chi connectivity index (χ3n) is 4.30. The molecule has 0 aliphatic heterocycles. The average molecular weight is 436 g/mol. The molecular weight excluding hydrogens is 414 g/mol. The lowest BCUT2D eigenvalue weighted by atomic mass is 10.1. The number of benzene rings is 2. The van der Waals surface area contributed by atoms with E-state index in [-0.39, 0.29) is 11.8 Å². The molecule has 0 saturated carbocycles. The van der Waals surface area contributed by atoms with Gasteiger partial charge in [0, 0.05) is 31.9 Å². The number of nitrogens with zero attached hydrogens (tertiary/aromatic N) is 2. The van der Waals surface area contributed by atoms with Gasteiger partial charge in [-0.3, -0.25) is 14.6 Å². The highest BCUT2D eigenvalue weighted by Gasteiger charge is 2.11. The summed E-state index contributed by atoms with van der Waals surface area (Å²) in [6, 6.07) is 17.8. The Morgan fingerprint density at radius 3 is 2.55 bits per heavy atom. The first kappa shape index (κ1) is 22.1. The summed E-state index contributed by atoms with van der Waals surface area (Å²) in [5, 5.41) is 3.06. The fourth-order valence-corrected chi connectivity index (χ4v) is 2.84. The number of hydrogen-bond acceptors (Lipinski definition) is 4. The van der Waals surface area contributed by atoms with Gasteiger partial charge < -0.3 is 15.0 Å². The highest BCUT2D eigenvalue weighted by atomic mass is 35.5. The quantitative estimate of drug-likeness (QED) is 0.547. The zero-order valence-corrected chi connectivity index (χ0v) is 18.0. The number of anilines is 1. The largest absolute Gasteiger partial charge is 0.487 e. The van der Waals surface area contributed by atoms with E-state index in [2.05, 4.69) is 10.3 Å². The predicted octanol–water partition coefficient (Wildman–Crippen LogP) is 4.67. The summed E-state index contributed by atoms with van der Waals surface area (Å²) in [6.45, 7) is 0.384. The van der Waals surface area contributed by atoms with E-state index in [0.717, 1.165) is 11.3 Å². The lowest BCUT2D eigenvalue weighted by Gasteiger charge is -2.12. The zero-order chi connectivity index (χ0) is 22.2. The van der Waals surface area contributed by atoms with Gasteiger partial charge in [-0.1, -0.05) is 29.8 Å². The number of carbonyl (C=O) groups excluding carboxylic acids is 2. The summed E-state index contributed by atoms with van der Waals surface area (Å²) >= 11 is 6.15. The molecule has 158 valence electrons. The number of rotatable bonds is 7. The molecular formula is C24H22ClN3O3. The van der Waals surface area contributed by atoms with Crippen LogP contribution in [0.2, 0.25) is 5.02 Å². The van der Waals surface area contributed by atoms with Crippen LogP contribution < -0.4 is 10.1 Å². The van der Waals surface area contributed by atoms with Gasteiger partial charge in [-0.05, 0) is 54.1 Å². The maximum Gasteiger partial charge on any atom is 0.253 e. The fourth-order valence-electron chi connectivity index (χ4n) is 2.67. The van der Waals surface area contributed by atoms with Gasteiger partial charge in [0.05, 0.1) is 16.4 Å². The van der Waals surface area contributed by atoms with E-state index in [1.54, 1.807) is 44.6 Å². The topological polar surface area (TPSA) is 71.5 Å². The molecule has 0 aliphatic rings. The molecule has 0 atom stereocenters. The number of amides is 2. The second kappa shape index (κ2) is 10.4. The second-order valence-electron chi connectivity index (χ2n) is 6.90. The van der Waals surface area contributed by atoms with Crippen LogP contribution in [0, 0.1) is 0 Å². The molecule has 0 unspecified atom stereocenters. The predicted molar refractivity (Wildman–Crippen MR) is 122 cm³/mol. The Balaban J connectivity index is 1.58. The minimum Gasteiger partial charge on any atom is -0.487 e. The molecule has 1 heterocycles. The van der Waals surface area contributed by atoms with Crippen LogP contribution in [0.3, 0.4) is 0 Å². The number of pyridine rings is 1. The third-order valence-corrected chi connectivity index (χ3v) is 4.63. The molecule has 0 saturated heterocycles. The number of aromatic nitrogens is 1. The first-order valence-electron chi connectivity index (χ1n) is 9.55. The molecule has 31 heavy (non-hydrogen) atoms. The van der Waals surface area contributed by atoms with Crippen molar-refractivity contribution in [2.75, 3.05) is 19.4 Å². The van der Waals surface area contributed by atoms with Crippen molar-refractivity contribution in [3.05, 3.63) is 94.8 Å². The van der Waals surface area contributed by atoms with E-state index in [0.29, 0.717) is 28.6 Å². The van der Waals surface area contributed by atoms with Gasteiger partial charge in [-0.15, -0.1) is 0 Å². The normalized spacial score (nSPS) is 10.7. The van der Waals surface area contributed by atoms with Crippen molar-refractivity contribution in [1.29, 1.82) is 0 Å². The molecule has 1 N–H and O–H groups in total. The van der Waals surface area contributed by atoms with Crippen LogP contribution in [0.4, 0.5) is 5.69 Å². The van der Waals surface area contributed by atoms with Crippen LogP contribution in [-0.2, 0) is 11.4 Å². The van der Waals surface area contributed by atoms with Gasteiger partial charge in [-0.2, -0.15) is 0 Å². The van der Waals surface area contributed by atoms with E-state index in [9.17, 15) is 9.59 Å². The van der Waals surface area contributed by atoms with E-state index in [4.69, 9.17) is 16.3 Å². The van der Waals surface area contributed by atoms with Crippen molar-refractivity contribution in [1.82, 2.24) is 9.88 Å². The standard InChI is InChI=1S/C24H22ClN3O3/c1-28(2)24(30)18-9-12-21(25)22(15-18)27-23(29)13-8-17-6-10-20(11-7-17)31-16-19-5-3-4-14-26-19/h3-15H,16H2,1-2H3,(H,27,29)/b13-8+. The van der Waals surface area contributed by atoms with Crippen LogP contribution in [0.1, 0.15) is 21.6 Å². The molecule has 0 radical (unpaired) electrons. The van der Waals surface area contributed by atoms with Gasteiger partial charge in [-0.25, -0.2) is 0 Å². The maximum absolute atomic E-state index is 12.3. The average Bonchev–Trinajstić information content (AvgIpc) is 2.78. The smallest absolute Gasteiger partial charge is 0.253 e. The van der Waals surface area contributed by atoms with Gasteiger partial charge >= 0.3 is 0 Å². The molecule has 0 bridgehead atoms. The Morgan fingerprint density at radius 1 is 1.10 bits per heavy atom. The highest BCUT2D eigenvalue weighted by Crippen LogP contribution is 2.24. The van der Waals surface area contributed by atoms with Crippen LogP contribution in [0.15, 0.2) is 72.9 Å². The van der Waals surface area contributed by atoms with E-state index < -0.39 is 0 Å². The summed E-state index contributed by atoms with van der Waals surface area (Å²) in [5.41, 5.74) is 2.50.